The monoisotopic (exact) mass is 338 g/mol. The Morgan fingerprint density at radius 1 is 1.36 bits per heavy atom. The SMILES string of the molecule is CC(O)C1=C(c2cc(F)ccc2Cl)N=C2C(Cl)=CC=CC2N1. The van der Waals surface area contributed by atoms with Gasteiger partial charge in [-0.2, -0.15) is 0 Å². The molecule has 0 spiro atoms. The first-order chi connectivity index (χ1) is 10.5. The number of benzene rings is 1. The van der Waals surface area contributed by atoms with Crippen LogP contribution in [-0.4, -0.2) is 23.0 Å². The van der Waals surface area contributed by atoms with Crippen molar-refractivity contribution in [2.24, 2.45) is 4.99 Å². The molecule has 2 aliphatic rings. The second-order valence-electron chi connectivity index (χ2n) is 5.08. The van der Waals surface area contributed by atoms with E-state index in [1.54, 1.807) is 13.0 Å². The zero-order valence-electron chi connectivity index (χ0n) is 11.6. The molecular weight excluding hydrogens is 326 g/mol. The van der Waals surface area contributed by atoms with Gasteiger partial charge in [0.05, 0.1) is 39.3 Å². The van der Waals surface area contributed by atoms with Crippen LogP contribution in [0.4, 0.5) is 4.39 Å². The third kappa shape index (κ3) is 2.70. The standard InChI is InChI=1S/C16H13Cl2FN2O/c1-8(22)14-15(10-7-9(19)5-6-11(10)17)21-16-12(18)3-2-4-13(16)20-14/h2-8,13,20,22H,1H3. The fourth-order valence-corrected chi connectivity index (χ4v) is 2.87. The lowest BCUT2D eigenvalue weighted by molar-refractivity contribution is 0.222. The van der Waals surface area contributed by atoms with Gasteiger partial charge in [-0.05, 0) is 31.2 Å². The molecule has 1 heterocycles. The number of aliphatic imine (C=N–C) groups is 1. The number of nitrogens with one attached hydrogen (secondary N) is 1. The van der Waals surface area contributed by atoms with Crippen LogP contribution in [0, 0.1) is 5.82 Å². The Morgan fingerprint density at radius 3 is 2.86 bits per heavy atom. The summed E-state index contributed by atoms with van der Waals surface area (Å²) in [5.41, 5.74) is 1.91. The topological polar surface area (TPSA) is 44.6 Å². The Balaban J connectivity index is 2.19. The zero-order chi connectivity index (χ0) is 15.9. The van der Waals surface area contributed by atoms with Crippen LogP contribution < -0.4 is 5.32 Å². The fourth-order valence-electron chi connectivity index (χ4n) is 2.43. The van der Waals surface area contributed by atoms with E-state index in [2.05, 4.69) is 10.3 Å². The highest BCUT2D eigenvalue weighted by Crippen LogP contribution is 2.33. The van der Waals surface area contributed by atoms with Crippen LogP contribution in [0.5, 0.6) is 0 Å². The van der Waals surface area contributed by atoms with E-state index in [1.165, 1.54) is 18.2 Å². The van der Waals surface area contributed by atoms with Crippen molar-refractivity contribution in [1.29, 1.82) is 0 Å². The van der Waals surface area contributed by atoms with Gasteiger partial charge in [-0.1, -0.05) is 35.4 Å². The number of fused-ring (bicyclic) bond motifs is 1. The summed E-state index contributed by atoms with van der Waals surface area (Å²) in [6.45, 7) is 1.61. The quantitative estimate of drug-likeness (QED) is 0.864. The van der Waals surface area contributed by atoms with E-state index in [0.29, 0.717) is 32.7 Å². The molecule has 6 heteroatoms. The van der Waals surface area contributed by atoms with Gasteiger partial charge in [0.25, 0.3) is 0 Å². The maximum Gasteiger partial charge on any atom is 0.123 e. The molecule has 0 bridgehead atoms. The van der Waals surface area contributed by atoms with E-state index in [-0.39, 0.29) is 6.04 Å². The largest absolute Gasteiger partial charge is 0.387 e. The number of aliphatic hydroxyl groups excluding tert-OH is 1. The van der Waals surface area contributed by atoms with Crippen molar-refractivity contribution in [2.75, 3.05) is 0 Å². The molecule has 0 saturated heterocycles. The molecule has 2 unspecified atom stereocenters. The van der Waals surface area contributed by atoms with Gasteiger partial charge in [-0.15, -0.1) is 0 Å². The van der Waals surface area contributed by atoms with Gasteiger partial charge in [-0.25, -0.2) is 9.38 Å². The van der Waals surface area contributed by atoms with Gasteiger partial charge in [0, 0.05) is 5.56 Å². The van der Waals surface area contributed by atoms with Crippen molar-refractivity contribution in [2.45, 2.75) is 19.1 Å². The minimum Gasteiger partial charge on any atom is -0.387 e. The predicted molar refractivity (Wildman–Crippen MR) is 87.4 cm³/mol. The number of allylic oxidation sites excluding steroid dienone is 2. The minimum absolute atomic E-state index is 0.224. The van der Waals surface area contributed by atoms with Gasteiger partial charge >= 0.3 is 0 Å². The van der Waals surface area contributed by atoms with Crippen molar-refractivity contribution in [1.82, 2.24) is 5.32 Å². The van der Waals surface area contributed by atoms with Crippen molar-refractivity contribution >= 4 is 34.6 Å². The Hall–Kier alpha value is -1.62. The first-order valence-electron chi connectivity index (χ1n) is 6.74. The van der Waals surface area contributed by atoms with Crippen LogP contribution in [0.1, 0.15) is 12.5 Å². The Labute approximate surface area is 137 Å². The molecule has 114 valence electrons. The average Bonchev–Trinajstić information content (AvgIpc) is 2.49. The fraction of sp³-hybridized carbons (Fsp3) is 0.188. The molecule has 3 nitrogen and oxygen atoms in total. The summed E-state index contributed by atoms with van der Waals surface area (Å²) in [6, 6.07) is 3.81. The van der Waals surface area contributed by atoms with Crippen molar-refractivity contribution in [3.63, 3.8) is 0 Å². The molecule has 2 atom stereocenters. The smallest absolute Gasteiger partial charge is 0.123 e. The summed E-state index contributed by atoms with van der Waals surface area (Å²) >= 11 is 12.4. The third-order valence-corrected chi connectivity index (χ3v) is 4.13. The van der Waals surface area contributed by atoms with Gasteiger partial charge in [0.1, 0.15) is 5.82 Å². The molecule has 3 rings (SSSR count). The van der Waals surface area contributed by atoms with Crippen LogP contribution in [0.25, 0.3) is 5.70 Å². The average molecular weight is 339 g/mol. The first kappa shape index (κ1) is 15.3. The van der Waals surface area contributed by atoms with Crippen molar-refractivity contribution in [3.8, 4) is 0 Å². The lowest BCUT2D eigenvalue weighted by atomic mass is 9.99. The Bertz CT molecular complexity index is 751. The molecule has 22 heavy (non-hydrogen) atoms. The summed E-state index contributed by atoms with van der Waals surface area (Å²) in [5, 5.41) is 14.1. The third-order valence-electron chi connectivity index (χ3n) is 3.49. The summed E-state index contributed by atoms with van der Waals surface area (Å²) in [7, 11) is 0. The number of aliphatic hydroxyl groups is 1. The maximum atomic E-state index is 13.6. The van der Waals surface area contributed by atoms with E-state index in [1.807, 2.05) is 12.2 Å². The van der Waals surface area contributed by atoms with E-state index < -0.39 is 11.9 Å². The van der Waals surface area contributed by atoms with E-state index in [4.69, 9.17) is 23.2 Å². The van der Waals surface area contributed by atoms with E-state index >= 15 is 0 Å². The van der Waals surface area contributed by atoms with Crippen LogP contribution in [0.15, 0.2) is 52.1 Å². The number of halogens is 3. The molecule has 1 aromatic rings. The maximum absolute atomic E-state index is 13.6. The lowest BCUT2D eigenvalue weighted by Gasteiger charge is -2.30. The Morgan fingerprint density at radius 2 is 2.14 bits per heavy atom. The summed E-state index contributed by atoms with van der Waals surface area (Å²) in [4.78, 5) is 4.53. The molecule has 0 amide bonds. The van der Waals surface area contributed by atoms with Crippen LogP contribution in [0.3, 0.4) is 0 Å². The van der Waals surface area contributed by atoms with Crippen LogP contribution in [-0.2, 0) is 0 Å². The van der Waals surface area contributed by atoms with Crippen LogP contribution in [0.2, 0.25) is 5.02 Å². The van der Waals surface area contributed by atoms with Crippen LogP contribution >= 0.6 is 23.2 Å². The molecule has 0 saturated carbocycles. The van der Waals surface area contributed by atoms with Gasteiger partial charge in [0.2, 0.25) is 0 Å². The number of hydrogen-bond acceptors (Lipinski definition) is 3. The molecule has 0 radical (unpaired) electrons. The van der Waals surface area contributed by atoms with E-state index in [9.17, 15) is 9.50 Å². The normalized spacial score (nSPS) is 21.8. The highest BCUT2D eigenvalue weighted by molar-refractivity contribution is 6.45. The van der Waals surface area contributed by atoms with E-state index in [0.717, 1.165) is 0 Å². The number of rotatable bonds is 2. The lowest BCUT2D eigenvalue weighted by Crippen LogP contribution is -2.42. The van der Waals surface area contributed by atoms with Crippen molar-refractivity contribution in [3.05, 3.63) is 63.6 Å². The predicted octanol–water partition coefficient (Wildman–Crippen LogP) is 3.63. The second-order valence-corrected chi connectivity index (χ2v) is 5.90. The molecular formula is C16H13Cl2FN2O. The number of hydrogen-bond donors (Lipinski definition) is 2. The first-order valence-corrected chi connectivity index (χ1v) is 7.50. The number of nitrogens with zero attached hydrogens (tertiary/aromatic N) is 1. The highest BCUT2D eigenvalue weighted by Gasteiger charge is 2.29. The van der Waals surface area contributed by atoms with Crippen molar-refractivity contribution < 1.29 is 9.50 Å². The second kappa shape index (κ2) is 5.88. The zero-order valence-corrected chi connectivity index (χ0v) is 13.2. The summed E-state index contributed by atoms with van der Waals surface area (Å²) < 4.78 is 13.6. The molecule has 0 fully saturated rings. The summed E-state index contributed by atoms with van der Waals surface area (Å²) in [6.07, 6.45) is 4.63. The molecule has 2 N–H and O–H groups in total. The Kier molecular flexibility index (Phi) is 4.08. The minimum atomic E-state index is -0.808. The molecule has 1 aliphatic carbocycles. The highest BCUT2D eigenvalue weighted by atomic mass is 35.5. The molecule has 1 aromatic carbocycles. The summed E-state index contributed by atoms with van der Waals surface area (Å²) in [5.74, 6) is -0.427. The van der Waals surface area contributed by atoms with Gasteiger partial charge < -0.3 is 10.4 Å². The molecule has 1 aliphatic heterocycles. The van der Waals surface area contributed by atoms with Gasteiger partial charge in [-0.3, -0.25) is 0 Å². The molecule has 0 aromatic heterocycles. The van der Waals surface area contributed by atoms with Gasteiger partial charge in [0.15, 0.2) is 0 Å².